The van der Waals surface area contributed by atoms with Gasteiger partial charge in [0.15, 0.2) is 11.2 Å². The minimum atomic E-state index is 0.471. The zero-order valence-electron chi connectivity index (χ0n) is 8.75. The first-order valence-corrected chi connectivity index (χ1v) is 5.22. The molecule has 0 unspecified atom stereocenters. The minimum absolute atomic E-state index is 0.471. The number of ether oxygens (including phenoxy) is 2. The monoisotopic (exact) mass is 225 g/mol. The summed E-state index contributed by atoms with van der Waals surface area (Å²) < 4.78 is 10.9. The average Bonchev–Trinajstić information content (AvgIpc) is 2.92. The number of fused-ring (bicyclic) bond motifs is 3. The lowest BCUT2D eigenvalue weighted by atomic mass is 10.3. The molecule has 0 aliphatic carbocycles. The Morgan fingerprint density at radius 1 is 1.24 bits per heavy atom. The van der Waals surface area contributed by atoms with Crippen molar-refractivity contribution in [2.24, 2.45) is 9.98 Å². The molecule has 0 fully saturated rings. The van der Waals surface area contributed by atoms with Gasteiger partial charge in [-0.05, 0) is 12.1 Å². The van der Waals surface area contributed by atoms with E-state index >= 15 is 0 Å². The maximum Gasteiger partial charge on any atom is 0.247 e. The molecule has 3 aliphatic rings. The second-order valence-electron chi connectivity index (χ2n) is 3.85. The van der Waals surface area contributed by atoms with E-state index in [4.69, 9.17) is 9.47 Å². The lowest BCUT2D eigenvalue weighted by molar-refractivity contribution is 0.298. The molecule has 0 saturated heterocycles. The Hall–Kier alpha value is -2.43. The molecular formula is C12H7N3O2. The van der Waals surface area contributed by atoms with Crippen molar-refractivity contribution < 1.29 is 9.47 Å². The predicted octanol–water partition coefficient (Wildman–Crippen LogP) is 0.453. The Bertz CT molecular complexity index is 729. The summed E-state index contributed by atoms with van der Waals surface area (Å²) >= 11 is 0. The Balaban J connectivity index is 1.99. The van der Waals surface area contributed by atoms with Gasteiger partial charge in [0.25, 0.3) is 0 Å². The van der Waals surface area contributed by atoms with Crippen molar-refractivity contribution in [1.82, 2.24) is 4.98 Å². The van der Waals surface area contributed by atoms with Crippen LogP contribution in [0.4, 0.5) is 0 Å². The fraction of sp³-hybridized carbons (Fsp3) is 0.0833. The third-order valence-electron chi connectivity index (χ3n) is 2.74. The van der Waals surface area contributed by atoms with E-state index in [1.165, 1.54) is 0 Å². The molecule has 0 radical (unpaired) electrons. The first-order chi connectivity index (χ1) is 8.40. The van der Waals surface area contributed by atoms with Crippen molar-refractivity contribution in [1.29, 1.82) is 0 Å². The molecule has 4 heterocycles. The van der Waals surface area contributed by atoms with Crippen molar-refractivity contribution >= 4 is 6.08 Å². The lowest BCUT2D eigenvalue weighted by Crippen LogP contribution is -2.19. The Morgan fingerprint density at radius 3 is 3.24 bits per heavy atom. The van der Waals surface area contributed by atoms with Crippen LogP contribution in [0.2, 0.25) is 0 Å². The fourth-order valence-corrected chi connectivity index (χ4v) is 1.87. The SMILES string of the molecule is C1=Cc2cc3c(nc2=N1)OC1=COCC1=CN=3. The van der Waals surface area contributed by atoms with E-state index in [0.29, 0.717) is 29.1 Å². The highest BCUT2D eigenvalue weighted by Gasteiger charge is 2.19. The van der Waals surface area contributed by atoms with Gasteiger partial charge in [-0.25, -0.2) is 4.99 Å². The summed E-state index contributed by atoms with van der Waals surface area (Å²) in [5.41, 5.74) is 2.56. The van der Waals surface area contributed by atoms with E-state index < -0.39 is 0 Å². The van der Waals surface area contributed by atoms with Gasteiger partial charge in [0.1, 0.15) is 18.2 Å². The Morgan fingerprint density at radius 2 is 2.24 bits per heavy atom. The molecule has 0 N–H and O–H groups in total. The summed E-state index contributed by atoms with van der Waals surface area (Å²) in [6.07, 6.45) is 6.96. The van der Waals surface area contributed by atoms with Crippen LogP contribution in [-0.4, -0.2) is 11.6 Å². The van der Waals surface area contributed by atoms with Crippen LogP contribution in [0.3, 0.4) is 0 Å². The average molecular weight is 225 g/mol. The molecule has 1 aromatic rings. The van der Waals surface area contributed by atoms with Crippen molar-refractivity contribution in [3.63, 3.8) is 0 Å². The topological polar surface area (TPSA) is 56.1 Å². The van der Waals surface area contributed by atoms with Crippen LogP contribution in [0, 0.1) is 0 Å². The van der Waals surface area contributed by atoms with Crippen LogP contribution in [-0.2, 0) is 4.74 Å². The van der Waals surface area contributed by atoms with Crippen LogP contribution in [0.5, 0.6) is 5.88 Å². The highest BCUT2D eigenvalue weighted by molar-refractivity contribution is 5.51. The molecule has 4 rings (SSSR count). The number of rotatable bonds is 0. The maximum absolute atomic E-state index is 5.68. The van der Waals surface area contributed by atoms with Gasteiger partial charge in [-0.1, -0.05) is 0 Å². The number of aromatic nitrogens is 1. The summed E-state index contributed by atoms with van der Waals surface area (Å²) in [5.74, 6) is 1.14. The summed E-state index contributed by atoms with van der Waals surface area (Å²) in [6, 6.07) is 1.92. The largest absolute Gasteiger partial charge is 0.492 e. The van der Waals surface area contributed by atoms with Gasteiger partial charge in [-0.15, -0.1) is 0 Å². The molecule has 1 aromatic heterocycles. The Kier molecular flexibility index (Phi) is 1.55. The highest BCUT2D eigenvalue weighted by Crippen LogP contribution is 2.21. The quantitative estimate of drug-likeness (QED) is 0.644. The summed E-state index contributed by atoms with van der Waals surface area (Å²) in [5, 5.41) is 0.716. The number of hydrogen-bond donors (Lipinski definition) is 0. The molecule has 0 amide bonds. The van der Waals surface area contributed by atoms with Gasteiger partial charge in [-0.3, -0.25) is 4.99 Å². The molecule has 3 aliphatic heterocycles. The lowest BCUT2D eigenvalue weighted by Gasteiger charge is -2.02. The van der Waals surface area contributed by atoms with E-state index in [9.17, 15) is 0 Å². The molecule has 0 bridgehead atoms. The third kappa shape index (κ3) is 1.22. The van der Waals surface area contributed by atoms with Crippen LogP contribution >= 0.6 is 0 Å². The minimum Gasteiger partial charge on any atom is -0.492 e. The fourth-order valence-electron chi connectivity index (χ4n) is 1.87. The van der Waals surface area contributed by atoms with Gasteiger partial charge in [0.05, 0.1) is 5.57 Å². The molecule has 0 atom stereocenters. The zero-order chi connectivity index (χ0) is 11.2. The smallest absolute Gasteiger partial charge is 0.247 e. The molecule has 5 heteroatoms. The normalized spacial score (nSPS) is 18.4. The summed E-state index contributed by atoms with van der Waals surface area (Å²) in [7, 11) is 0. The van der Waals surface area contributed by atoms with Crippen LogP contribution in [0.15, 0.2) is 46.0 Å². The number of nitrogens with zero attached hydrogens (tertiary/aromatic N) is 3. The van der Waals surface area contributed by atoms with E-state index in [-0.39, 0.29) is 0 Å². The maximum atomic E-state index is 5.68. The van der Waals surface area contributed by atoms with Crippen LogP contribution in [0.1, 0.15) is 5.56 Å². The standard InChI is InChI=1S/C12H7N3O2/c1-2-13-11-7(1)3-9-12(15-11)17-10-6-16-5-8(10)4-14-9/h1-4,6H,5H2. The first kappa shape index (κ1) is 8.69. The van der Waals surface area contributed by atoms with Gasteiger partial charge < -0.3 is 9.47 Å². The highest BCUT2D eigenvalue weighted by atomic mass is 16.5. The molecule has 82 valence electrons. The Labute approximate surface area is 96.1 Å². The third-order valence-corrected chi connectivity index (χ3v) is 2.74. The molecule has 0 aromatic carbocycles. The van der Waals surface area contributed by atoms with Gasteiger partial charge in [-0.2, -0.15) is 4.98 Å². The van der Waals surface area contributed by atoms with E-state index in [1.54, 1.807) is 18.7 Å². The predicted molar refractivity (Wildman–Crippen MR) is 58.3 cm³/mol. The van der Waals surface area contributed by atoms with Crippen molar-refractivity contribution in [3.8, 4) is 5.88 Å². The molecule has 0 saturated carbocycles. The number of pyridine rings is 1. The molecule has 5 nitrogen and oxygen atoms in total. The van der Waals surface area contributed by atoms with E-state index in [1.807, 2.05) is 12.1 Å². The van der Waals surface area contributed by atoms with Crippen LogP contribution in [0.25, 0.3) is 6.08 Å². The molecule has 17 heavy (non-hydrogen) atoms. The summed E-state index contributed by atoms with van der Waals surface area (Å²) in [4.78, 5) is 12.8. The summed E-state index contributed by atoms with van der Waals surface area (Å²) in [6.45, 7) is 0.497. The van der Waals surface area contributed by atoms with Crippen molar-refractivity contribution in [2.75, 3.05) is 6.61 Å². The zero-order valence-corrected chi connectivity index (χ0v) is 8.75. The van der Waals surface area contributed by atoms with Gasteiger partial charge >= 0.3 is 0 Å². The van der Waals surface area contributed by atoms with E-state index in [2.05, 4.69) is 15.0 Å². The van der Waals surface area contributed by atoms with Crippen molar-refractivity contribution in [3.05, 3.63) is 52.5 Å². The van der Waals surface area contributed by atoms with Crippen LogP contribution < -0.4 is 15.6 Å². The molecule has 0 spiro atoms. The number of hydrogen-bond acceptors (Lipinski definition) is 5. The first-order valence-electron chi connectivity index (χ1n) is 5.22. The van der Waals surface area contributed by atoms with E-state index in [0.717, 1.165) is 11.1 Å². The molecular weight excluding hydrogens is 218 g/mol. The van der Waals surface area contributed by atoms with Crippen molar-refractivity contribution in [2.45, 2.75) is 0 Å². The second kappa shape index (κ2) is 3.04. The second-order valence-corrected chi connectivity index (χ2v) is 3.85. The van der Waals surface area contributed by atoms with Gasteiger partial charge in [0, 0.05) is 18.0 Å². The van der Waals surface area contributed by atoms with Gasteiger partial charge in [0.2, 0.25) is 5.88 Å².